The van der Waals surface area contributed by atoms with Gasteiger partial charge in [-0.15, -0.1) is 0 Å². The molecule has 0 aliphatic carbocycles. The van der Waals surface area contributed by atoms with Crippen molar-refractivity contribution < 1.29 is 9.47 Å². The first kappa shape index (κ1) is 14.7. The standard InChI is InChI=1S/C17H26N2O2/c1-2-18-16-13-21-17-12-14(6-7-15(16)17)20-11-10-19-8-4-3-5-9-19/h6-7,12,16,18H,2-5,8-11,13H2,1H3. The van der Waals surface area contributed by atoms with Gasteiger partial charge in [0.1, 0.15) is 24.7 Å². The highest BCUT2D eigenvalue weighted by molar-refractivity contribution is 5.45. The minimum absolute atomic E-state index is 0.326. The van der Waals surface area contributed by atoms with Gasteiger partial charge in [-0.25, -0.2) is 0 Å². The van der Waals surface area contributed by atoms with Crippen LogP contribution in [0.5, 0.6) is 11.5 Å². The molecule has 21 heavy (non-hydrogen) atoms. The SMILES string of the molecule is CCNC1COc2cc(OCCN3CCCCC3)ccc21. The molecule has 2 heterocycles. The van der Waals surface area contributed by atoms with Gasteiger partial charge in [0.2, 0.25) is 0 Å². The van der Waals surface area contributed by atoms with Gasteiger partial charge in [0.25, 0.3) is 0 Å². The van der Waals surface area contributed by atoms with Crippen molar-refractivity contribution in [3.63, 3.8) is 0 Å². The molecule has 0 spiro atoms. The van der Waals surface area contributed by atoms with Gasteiger partial charge < -0.3 is 14.8 Å². The third-order valence-electron chi connectivity index (χ3n) is 4.34. The Morgan fingerprint density at radius 3 is 2.95 bits per heavy atom. The van der Waals surface area contributed by atoms with Crippen LogP contribution in [0.3, 0.4) is 0 Å². The molecule has 1 unspecified atom stereocenters. The molecule has 1 aromatic rings. The summed E-state index contributed by atoms with van der Waals surface area (Å²) in [6.07, 6.45) is 4.05. The second kappa shape index (κ2) is 7.14. The Kier molecular flexibility index (Phi) is 4.99. The number of piperidine rings is 1. The molecule has 1 fully saturated rings. The van der Waals surface area contributed by atoms with E-state index >= 15 is 0 Å². The Morgan fingerprint density at radius 2 is 2.14 bits per heavy atom. The molecular weight excluding hydrogens is 264 g/mol. The summed E-state index contributed by atoms with van der Waals surface area (Å²) in [6.45, 7) is 8.04. The Bertz CT molecular complexity index is 458. The molecule has 0 saturated carbocycles. The fourth-order valence-corrected chi connectivity index (χ4v) is 3.17. The molecule has 4 heteroatoms. The van der Waals surface area contributed by atoms with Crippen molar-refractivity contribution in [1.29, 1.82) is 0 Å². The zero-order valence-corrected chi connectivity index (χ0v) is 12.9. The van der Waals surface area contributed by atoms with E-state index in [1.807, 2.05) is 6.07 Å². The van der Waals surface area contributed by atoms with Crippen molar-refractivity contribution in [3.05, 3.63) is 23.8 Å². The molecule has 3 rings (SSSR count). The Balaban J connectivity index is 1.50. The van der Waals surface area contributed by atoms with Gasteiger partial charge in [0, 0.05) is 18.2 Å². The average Bonchev–Trinajstić information content (AvgIpc) is 2.91. The van der Waals surface area contributed by atoms with Crippen LogP contribution in [0, 0.1) is 0 Å². The fraction of sp³-hybridized carbons (Fsp3) is 0.647. The first-order valence-electron chi connectivity index (χ1n) is 8.22. The molecule has 0 amide bonds. The van der Waals surface area contributed by atoms with E-state index in [9.17, 15) is 0 Å². The van der Waals surface area contributed by atoms with Crippen LogP contribution in [0.2, 0.25) is 0 Å². The zero-order chi connectivity index (χ0) is 14.5. The van der Waals surface area contributed by atoms with Gasteiger partial charge in [0.15, 0.2) is 0 Å². The normalized spacial score (nSPS) is 21.9. The number of benzene rings is 1. The number of likely N-dealkylation sites (N-methyl/N-ethyl adjacent to an activating group) is 1. The molecule has 1 N–H and O–H groups in total. The number of likely N-dealkylation sites (tertiary alicyclic amines) is 1. The second-order valence-corrected chi connectivity index (χ2v) is 5.87. The number of ether oxygens (including phenoxy) is 2. The van der Waals surface area contributed by atoms with E-state index in [2.05, 4.69) is 29.3 Å². The Hall–Kier alpha value is -1.26. The summed E-state index contributed by atoms with van der Waals surface area (Å²) in [5, 5.41) is 3.43. The van der Waals surface area contributed by atoms with Crippen LogP contribution in [-0.2, 0) is 0 Å². The molecule has 4 nitrogen and oxygen atoms in total. The number of nitrogens with zero attached hydrogens (tertiary/aromatic N) is 1. The quantitative estimate of drug-likeness (QED) is 0.873. The molecule has 0 bridgehead atoms. The van der Waals surface area contributed by atoms with Crippen LogP contribution in [0.25, 0.3) is 0 Å². The summed E-state index contributed by atoms with van der Waals surface area (Å²) in [6, 6.07) is 6.55. The topological polar surface area (TPSA) is 33.7 Å². The highest BCUT2D eigenvalue weighted by atomic mass is 16.5. The van der Waals surface area contributed by atoms with Crippen molar-refractivity contribution in [2.45, 2.75) is 32.2 Å². The van der Waals surface area contributed by atoms with Crippen LogP contribution >= 0.6 is 0 Å². The summed E-state index contributed by atoms with van der Waals surface area (Å²) >= 11 is 0. The lowest BCUT2D eigenvalue weighted by atomic mass is 10.1. The maximum absolute atomic E-state index is 5.89. The fourth-order valence-electron chi connectivity index (χ4n) is 3.17. The van der Waals surface area contributed by atoms with Crippen molar-refractivity contribution in [3.8, 4) is 11.5 Å². The molecule has 1 atom stereocenters. The van der Waals surface area contributed by atoms with Gasteiger partial charge in [-0.2, -0.15) is 0 Å². The first-order chi connectivity index (χ1) is 10.4. The largest absolute Gasteiger partial charge is 0.492 e. The maximum atomic E-state index is 5.89. The number of hydrogen-bond acceptors (Lipinski definition) is 4. The van der Waals surface area contributed by atoms with Gasteiger partial charge >= 0.3 is 0 Å². The molecule has 1 aromatic carbocycles. The molecule has 0 radical (unpaired) electrons. The van der Waals surface area contributed by atoms with E-state index in [0.717, 1.165) is 37.8 Å². The molecule has 116 valence electrons. The van der Waals surface area contributed by atoms with Gasteiger partial charge in [0.05, 0.1) is 6.04 Å². The van der Waals surface area contributed by atoms with Gasteiger partial charge in [-0.3, -0.25) is 4.90 Å². The average molecular weight is 290 g/mol. The number of nitrogens with one attached hydrogen (secondary N) is 1. The number of hydrogen-bond donors (Lipinski definition) is 1. The lowest BCUT2D eigenvalue weighted by molar-refractivity contribution is 0.183. The Morgan fingerprint density at radius 1 is 1.29 bits per heavy atom. The highest BCUT2D eigenvalue weighted by Gasteiger charge is 2.23. The van der Waals surface area contributed by atoms with E-state index in [-0.39, 0.29) is 0 Å². The minimum Gasteiger partial charge on any atom is -0.492 e. The van der Waals surface area contributed by atoms with Gasteiger partial charge in [-0.1, -0.05) is 13.3 Å². The van der Waals surface area contributed by atoms with E-state index in [1.54, 1.807) is 0 Å². The molecule has 2 aliphatic heterocycles. The second-order valence-electron chi connectivity index (χ2n) is 5.87. The third kappa shape index (κ3) is 3.69. The third-order valence-corrected chi connectivity index (χ3v) is 4.34. The smallest absolute Gasteiger partial charge is 0.127 e. The van der Waals surface area contributed by atoms with Crippen LogP contribution in [0.4, 0.5) is 0 Å². The lowest BCUT2D eigenvalue weighted by Crippen LogP contribution is -2.33. The number of fused-ring (bicyclic) bond motifs is 1. The summed E-state index contributed by atoms with van der Waals surface area (Å²) in [5.74, 6) is 1.89. The minimum atomic E-state index is 0.326. The lowest BCUT2D eigenvalue weighted by Gasteiger charge is -2.26. The van der Waals surface area contributed by atoms with Crippen molar-refractivity contribution in [2.75, 3.05) is 39.4 Å². The predicted molar refractivity (Wildman–Crippen MR) is 84.1 cm³/mol. The summed E-state index contributed by atoms with van der Waals surface area (Å²) in [5.41, 5.74) is 1.25. The zero-order valence-electron chi connectivity index (χ0n) is 12.9. The van der Waals surface area contributed by atoms with Crippen LogP contribution in [0.15, 0.2) is 18.2 Å². The highest BCUT2D eigenvalue weighted by Crippen LogP contribution is 2.35. The summed E-state index contributed by atoms with van der Waals surface area (Å²) in [4.78, 5) is 2.49. The molecule has 1 saturated heterocycles. The summed E-state index contributed by atoms with van der Waals surface area (Å²) < 4.78 is 11.6. The van der Waals surface area contributed by atoms with E-state index < -0.39 is 0 Å². The maximum Gasteiger partial charge on any atom is 0.127 e. The van der Waals surface area contributed by atoms with Crippen LogP contribution < -0.4 is 14.8 Å². The molecule has 0 aromatic heterocycles. The Labute approximate surface area is 127 Å². The molecular formula is C17H26N2O2. The van der Waals surface area contributed by atoms with Crippen molar-refractivity contribution >= 4 is 0 Å². The van der Waals surface area contributed by atoms with E-state index in [1.165, 1.54) is 37.9 Å². The predicted octanol–water partition coefficient (Wildman–Crippen LogP) is 2.59. The summed E-state index contributed by atoms with van der Waals surface area (Å²) in [7, 11) is 0. The van der Waals surface area contributed by atoms with Crippen LogP contribution in [0.1, 0.15) is 37.8 Å². The first-order valence-corrected chi connectivity index (χ1v) is 8.22. The monoisotopic (exact) mass is 290 g/mol. The molecule has 2 aliphatic rings. The van der Waals surface area contributed by atoms with Crippen molar-refractivity contribution in [2.24, 2.45) is 0 Å². The van der Waals surface area contributed by atoms with E-state index in [4.69, 9.17) is 9.47 Å². The van der Waals surface area contributed by atoms with Gasteiger partial charge in [-0.05, 0) is 44.6 Å². The van der Waals surface area contributed by atoms with Crippen molar-refractivity contribution in [1.82, 2.24) is 10.2 Å². The number of rotatable bonds is 6. The van der Waals surface area contributed by atoms with Crippen LogP contribution in [-0.4, -0.2) is 44.3 Å². The van der Waals surface area contributed by atoms with E-state index in [0.29, 0.717) is 6.04 Å².